The van der Waals surface area contributed by atoms with Gasteiger partial charge in [-0.25, -0.2) is 9.78 Å². The van der Waals surface area contributed by atoms with Gasteiger partial charge in [0, 0.05) is 25.4 Å². The normalized spacial score (nSPS) is 11.6. The molecule has 24 heavy (non-hydrogen) atoms. The largest absolute Gasteiger partial charge is 0.328 e. The minimum absolute atomic E-state index is 0.00805. The Morgan fingerprint density at radius 3 is 2.62 bits per heavy atom. The van der Waals surface area contributed by atoms with Crippen LogP contribution >= 0.6 is 0 Å². The summed E-state index contributed by atoms with van der Waals surface area (Å²) >= 11 is 0. The van der Waals surface area contributed by atoms with Crippen LogP contribution in [0, 0.1) is 16.7 Å². The molecule has 0 aliphatic heterocycles. The zero-order chi connectivity index (χ0) is 17.5. The van der Waals surface area contributed by atoms with Gasteiger partial charge in [0.25, 0.3) is 0 Å². The van der Waals surface area contributed by atoms with Crippen molar-refractivity contribution in [1.82, 2.24) is 14.1 Å². The quantitative estimate of drug-likeness (QED) is 0.727. The topological polar surface area (TPSA) is 63.6 Å². The van der Waals surface area contributed by atoms with Crippen molar-refractivity contribution in [3.05, 3.63) is 52.7 Å². The van der Waals surface area contributed by atoms with E-state index in [-0.39, 0.29) is 11.1 Å². The van der Waals surface area contributed by atoms with Gasteiger partial charge in [0.05, 0.1) is 11.0 Å². The number of aryl methyl sites for hydroxylation is 1. The highest BCUT2D eigenvalue weighted by Crippen LogP contribution is 2.27. The lowest BCUT2D eigenvalue weighted by molar-refractivity contribution is 0.342. The van der Waals surface area contributed by atoms with E-state index in [9.17, 15) is 10.1 Å². The van der Waals surface area contributed by atoms with E-state index in [0.29, 0.717) is 12.2 Å². The maximum Gasteiger partial charge on any atom is 0.328 e. The predicted octanol–water partition coefficient (Wildman–Crippen LogP) is 3.32. The lowest BCUT2D eigenvalue weighted by Gasteiger charge is -2.18. The highest BCUT2D eigenvalue weighted by atomic mass is 16.1. The minimum Gasteiger partial charge on any atom is -0.295 e. The van der Waals surface area contributed by atoms with Crippen molar-refractivity contribution < 1.29 is 0 Å². The fourth-order valence-electron chi connectivity index (χ4n) is 2.93. The van der Waals surface area contributed by atoms with Gasteiger partial charge in [0.2, 0.25) is 0 Å². The van der Waals surface area contributed by atoms with Crippen LogP contribution in [0.5, 0.6) is 0 Å². The molecule has 2 heterocycles. The number of fused-ring (bicyclic) bond motifs is 1. The van der Waals surface area contributed by atoms with Crippen LogP contribution < -0.4 is 5.69 Å². The number of rotatable bonds is 2. The van der Waals surface area contributed by atoms with Gasteiger partial charge in [-0.2, -0.15) is 5.26 Å². The summed E-state index contributed by atoms with van der Waals surface area (Å²) in [5, 5.41) is 9.25. The number of pyridine rings is 1. The van der Waals surface area contributed by atoms with Crippen LogP contribution in [-0.4, -0.2) is 14.1 Å². The molecule has 0 radical (unpaired) electrons. The second kappa shape index (κ2) is 5.64. The van der Waals surface area contributed by atoms with Crippen molar-refractivity contribution in [3.63, 3.8) is 0 Å². The average molecular weight is 320 g/mol. The SMILES string of the molecule is Cn1c(=O)n(CC(C)(C)C)c2ccc(-c3cccnc3C#N)cc21. The van der Waals surface area contributed by atoms with E-state index in [1.54, 1.807) is 17.8 Å². The molecule has 5 nitrogen and oxygen atoms in total. The predicted molar refractivity (Wildman–Crippen MR) is 94.6 cm³/mol. The molecule has 0 spiro atoms. The van der Waals surface area contributed by atoms with Crippen LogP contribution in [0.3, 0.4) is 0 Å². The molecule has 122 valence electrons. The van der Waals surface area contributed by atoms with Crippen LogP contribution in [0.1, 0.15) is 26.5 Å². The average Bonchev–Trinajstić information content (AvgIpc) is 2.78. The molecule has 0 aliphatic carbocycles. The molecule has 1 aromatic carbocycles. The van der Waals surface area contributed by atoms with Gasteiger partial charge in [-0.05, 0) is 35.2 Å². The van der Waals surface area contributed by atoms with Gasteiger partial charge in [0.1, 0.15) is 11.8 Å². The van der Waals surface area contributed by atoms with Gasteiger partial charge in [-0.3, -0.25) is 9.13 Å². The van der Waals surface area contributed by atoms with E-state index in [4.69, 9.17) is 0 Å². The first-order chi connectivity index (χ1) is 11.3. The minimum atomic E-state index is -0.0243. The molecule has 3 aromatic rings. The Bertz CT molecular complexity index is 1010. The van der Waals surface area contributed by atoms with Gasteiger partial charge < -0.3 is 0 Å². The molecule has 0 bridgehead atoms. The summed E-state index contributed by atoms with van der Waals surface area (Å²) < 4.78 is 3.47. The molecular weight excluding hydrogens is 300 g/mol. The monoisotopic (exact) mass is 320 g/mol. The fourth-order valence-corrected chi connectivity index (χ4v) is 2.93. The van der Waals surface area contributed by atoms with Crippen LogP contribution in [0.25, 0.3) is 22.2 Å². The van der Waals surface area contributed by atoms with Crippen molar-refractivity contribution in [2.75, 3.05) is 0 Å². The number of nitriles is 1. The maximum atomic E-state index is 12.6. The molecule has 0 unspecified atom stereocenters. The molecule has 0 atom stereocenters. The second-order valence-corrected chi connectivity index (χ2v) is 7.20. The molecule has 2 aromatic heterocycles. The Morgan fingerprint density at radius 1 is 1.21 bits per heavy atom. The van der Waals surface area contributed by atoms with E-state index >= 15 is 0 Å². The molecule has 0 aliphatic rings. The van der Waals surface area contributed by atoms with Crippen LogP contribution in [0.4, 0.5) is 0 Å². The Labute approximate surface area is 140 Å². The third kappa shape index (κ3) is 2.71. The first kappa shape index (κ1) is 16.0. The zero-order valence-electron chi connectivity index (χ0n) is 14.4. The van der Waals surface area contributed by atoms with Crippen LogP contribution in [-0.2, 0) is 13.6 Å². The fraction of sp³-hybridized carbons (Fsp3) is 0.316. The molecule has 0 saturated heterocycles. The Kier molecular flexibility index (Phi) is 3.76. The maximum absolute atomic E-state index is 12.6. The van der Waals surface area contributed by atoms with Crippen molar-refractivity contribution in [2.24, 2.45) is 12.5 Å². The summed E-state index contributed by atoms with van der Waals surface area (Å²) in [5.74, 6) is 0. The standard InChI is InChI=1S/C19H20N4O/c1-19(2,3)12-23-16-8-7-13(10-17(16)22(4)18(23)24)14-6-5-9-21-15(14)11-20/h5-10H,12H2,1-4H3. The van der Waals surface area contributed by atoms with Gasteiger partial charge in [-0.15, -0.1) is 0 Å². The van der Waals surface area contributed by atoms with Crippen molar-refractivity contribution >= 4 is 11.0 Å². The van der Waals surface area contributed by atoms with E-state index in [2.05, 4.69) is 31.8 Å². The van der Waals surface area contributed by atoms with E-state index in [1.807, 2.05) is 34.9 Å². The third-order valence-electron chi connectivity index (χ3n) is 4.00. The molecule has 0 N–H and O–H groups in total. The van der Waals surface area contributed by atoms with Crippen molar-refractivity contribution in [1.29, 1.82) is 5.26 Å². The molecule has 5 heteroatoms. The smallest absolute Gasteiger partial charge is 0.295 e. The summed E-state index contributed by atoms with van der Waals surface area (Å²) in [6.07, 6.45) is 1.61. The van der Waals surface area contributed by atoms with Gasteiger partial charge in [-0.1, -0.05) is 26.8 Å². The molecule has 3 rings (SSSR count). The number of hydrogen-bond acceptors (Lipinski definition) is 3. The van der Waals surface area contributed by atoms with E-state index < -0.39 is 0 Å². The first-order valence-corrected chi connectivity index (χ1v) is 7.86. The van der Waals surface area contributed by atoms with Crippen molar-refractivity contribution in [2.45, 2.75) is 27.3 Å². The number of aromatic nitrogens is 3. The van der Waals surface area contributed by atoms with Crippen LogP contribution in [0.2, 0.25) is 0 Å². The highest BCUT2D eigenvalue weighted by Gasteiger charge is 2.18. The molecule has 0 amide bonds. The number of benzene rings is 1. The van der Waals surface area contributed by atoms with E-state index in [1.165, 1.54) is 0 Å². The molecule has 0 saturated carbocycles. The Hall–Kier alpha value is -2.87. The summed E-state index contributed by atoms with van der Waals surface area (Å²) in [4.78, 5) is 16.7. The van der Waals surface area contributed by atoms with Gasteiger partial charge >= 0.3 is 5.69 Å². The van der Waals surface area contributed by atoms with Crippen molar-refractivity contribution in [3.8, 4) is 17.2 Å². The highest BCUT2D eigenvalue weighted by molar-refractivity contribution is 5.83. The summed E-state index contributed by atoms with van der Waals surface area (Å²) in [6.45, 7) is 6.99. The zero-order valence-corrected chi connectivity index (χ0v) is 14.4. The lowest BCUT2D eigenvalue weighted by Crippen LogP contribution is -2.27. The van der Waals surface area contributed by atoms with Gasteiger partial charge in [0.15, 0.2) is 0 Å². The number of imidazole rings is 1. The summed E-state index contributed by atoms with van der Waals surface area (Å²) in [7, 11) is 1.78. The molecular formula is C19H20N4O. The third-order valence-corrected chi connectivity index (χ3v) is 4.00. The second-order valence-electron chi connectivity index (χ2n) is 7.20. The van der Waals surface area contributed by atoms with Crippen LogP contribution in [0.15, 0.2) is 41.3 Å². The summed E-state index contributed by atoms with van der Waals surface area (Å²) in [6, 6.07) is 11.6. The van der Waals surface area contributed by atoms with E-state index in [0.717, 1.165) is 22.2 Å². The Morgan fingerprint density at radius 2 is 1.96 bits per heavy atom. The lowest BCUT2D eigenvalue weighted by atomic mass is 9.97. The first-order valence-electron chi connectivity index (χ1n) is 7.86. The Balaban J connectivity index is 2.22. The number of nitrogens with zero attached hydrogens (tertiary/aromatic N) is 4. The number of hydrogen-bond donors (Lipinski definition) is 0. The molecule has 0 fully saturated rings. The summed E-state index contributed by atoms with van der Waals surface area (Å²) in [5.41, 5.74) is 3.79.